The first-order chi connectivity index (χ1) is 8.26. The molecule has 0 aliphatic carbocycles. The molecule has 0 radical (unpaired) electrons. The van der Waals surface area contributed by atoms with Crippen LogP contribution in [0.2, 0.25) is 0 Å². The molecule has 0 saturated carbocycles. The fraction of sp³-hybridized carbons (Fsp3) is 0.692. The molecule has 17 heavy (non-hydrogen) atoms. The van der Waals surface area contributed by atoms with Crippen LogP contribution in [-0.2, 0) is 22.6 Å². The van der Waals surface area contributed by atoms with Crippen LogP contribution in [0.1, 0.15) is 30.5 Å². The molecule has 1 unspecified atom stereocenters. The number of thiophene rings is 1. The molecule has 1 aromatic rings. The Kier molecular flexibility index (Phi) is 7.44. The third kappa shape index (κ3) is 6.17. The van der Waals surface area contributed by atoms with Crippen LogP contribution in [0.25, 0.3) is 0 Å². The van der Waals surface area contributed by atoms with E-state index in [4.69, 9.17) is 9.47 Å². The summed E-state index contributed by atoms with van der Waals surface area (Å²) in [7, 11) is 0. The summed E-state index contributed by atoms with van der Waals surface area (Å²) in [5, 5.41) is 3.32. The molecule has 0 amide bonds. The van der Waals surface area contributed by atoms with Gasteiger partial charge in [-0.15, -0.1) is 11.3 Å². The lowest BCUT2D eigenvalue weighted by molar-refractivity contribution is -0.0107. The molecule has 1 aromatic heterocycles. The molecule has 3 nitrogen and oxygen atoms in total. The Morgan fingerprint density at radius 1 is 1.29 bits per heavy atom. The summed E-state index contributed by atoms with van der Waals surface area (Å²) in [4.78, 5) is 2.64. The van der Waals surface area contributed by atoms with Gasteiger partial charge < -0.3 is 14.8 Å². The molecule has 98 valence electrons. The van der Waals surface area contributed by atoms with E-state index in [0.717, 1.165) is 19.7 Å². The highest BCUT2D eigenvalue weighted by molar-refractivity contribution is 7.11. The first-order valence-corrected chi connectivity index (χ1v) is 7.05. The van der Waals surface area contributed by atoms with E-state index >= 15 is 0 Å². The van der Waals surface area contributed by atoms with Gasteiger partial charge in [-0.1, -0.05) is 6.92 Å². The van der Waals surface area contributed by atoms with E-state index in [2.05, 4.69) is 24.4 Å². The minimum atomic E-state index is 0.161. The molecule has 1 heterocycles. The molecule has 4 heteroatoms. The average molecular weight is 257 g/mol. The van der Waals surface area contributed by atoms with Crippen molar-refractivity contribution in [2.75, 3.05) is 19.8 Å². The van der Waals surface area contributed by atoms with Gasteiger partial charge in [0.1, 0.15) is 0 Å². The summed E-state index contributed by atoms with van der Waals surface area (Å²) in [6.45, 7) is 10.2. The smallest absolute Gasteiger partial charge is 0.0814 e. The van der Waals surface area contributed by atoms with E-state index in [1.165, 1.54) is 9.75 Å². The number of rotatable bonds is 9. The Hall–Kier alpha value is -0.420. The lowest BCUT2D eigenvalue weighted by atomic mass is 10.4. The lowest BCUT2D eigenvalue weighted by Crippen LogP contribution is -2.15. The third-order valence-corrected chi connectivity index (χ3v) is 3.39. The number of ether oxygens (including phenoxy) is 2. The predicted molar refractivity (Wildman–Crippen MR) is 72.4 cm³/mol. The van der Waals surface area contributed by atoms with Crippen LogP contribution < -0.4 is 5.32 Å². The zero-order chi connectivity index (χ0) is 12.5. The molecule has 0 saturated heterocycles. The molecule has 0 aliphatic rings. The van der Waals surface area contributed by atoms with Gasteiger partial charge in [-0.25, -0.2) is 0 Å². The van der Waals surface area contributed by atoms with Gasteiger partial charge in [0.15, 0.2) is 0 Å². The standard InChI is InChI=1S/C13H23NO2S/c1-4-14-8-12-6-7-13(17-12)10-16-11(3)9-15-5-2/h6-7,11,14H,4-5,8-10H2,1-3H3. The zero-order valence-electron chi connectivity index (χ0n) is 11.0. The van der Waals surface area contributed by atoms with Crippen molar-refractivity contribution in [2.24, 2.45) is 0 Å². The Balaban J connectivity index is 2.24. The summed E-state index contributed by atoms with van der Waals surface area (Å²) in [6, 6.07) is 4.31. The van der Waals surface area contributed by atoms with E-state index in [1.54, 1.807) is 0 Å². The quantitative estimate of drug-likeness (QED) is 0.738. The maximum absolute atomic E-state index is 5.71. The predicted octanol–water partition coefficient (Wildman–Crippen LogP) is 2.80. The van der Waals surface area contributed by atoms with Crippen LogP contribution in [0.3, 0.4) is 0 Å². The van der Waals surface area contributed by atoms with Crippen LogP contribution in [-0.4, -0.2) is 25.9 Å². The second kappa shape index (κ2) is 8.64. The van der Waals surface area contributed by atoms with Crippen LogP contribution >= 0.6 is 11.3 Å². The van der Waals surface area contributed by atoms with Crippen molar-refractivity contribution in [3.05, 3.63) is 21.9 Å². The van der Waals surface area contributed by atoms with Gasteiger partial charge in [-0.3, -0.25) is 0 Å². The number of nitrogens with one attached hydrogen (secondary N) is 1. The van der Waals surface area contributed by atoms with Crippen molar-refractivity contribution in [1.82, 2.24) is 5.32 Å². The second-order valence-electron chi connectivity index (χ2n) is 3.93. The Bertz CT molecular complexity index is 301. The van der Waals surface area contributed by atoms with Gasteiger partial charge in [-0.05, 0) is 32.5 Å². The second-order valence-corrected chi connectivity index (χ2v) is 5.18. The molecule has 0 aliphatic heterocycles. The van der Waals surface area contributed by atoms with Gasteiger partial charge in [0.2, 0.25) is 0 Å². The zero-order valence-corrected chi connectivity index (χ0v) is 11.8. The van der Waals surface area contributed by atoms with Crippen LogP contribution in [0.15, 0.2) is 12.1 Å². The summed E-state index contributed by atoms with van der Waals surface area (Å²) in [5.74, 6) is 0. The maximum atomic E-state index is 5.71. The maximum Gasteiger partial charge on any atom is 0.0814 e. The number of hydrogen-bond acceptors (Lipinski definition) is 4. The monoisotopic (exact) mass is 257 g/mol. The van der Waals surface area contributed by atoms with Gasteiger partial charge in [-0.2, -0.15) is 0 Å². The highest BCUT2D eigenvalue weighted by Gasteiger charge is 2.04. The first-order valence-electron chi connectivity index (χ1n) is 6.23. The normalized spacial score (nSPS) is 12.9. The molecule has 0 spiro atoms. The van der Waals surface area contributed by atoms with Crippen molar-refractivity contribution in [1.29, 1.82) is 0 Å². The summed E-state index contributed by atoms with van der Waals surface area (Å²) in [6.07, 6.45) is 0.161. The Labute approximate surface area is 108 Å². The summed E-state index contributed by atoms with van der Waals surface area (Å²) in [5.41, 5.74) is 0. The molecule has 1 N–H and O–H groups in total. The Morgan fingerprint density at radius 2 is 2.06 bits per heavy atom. The minimum Gasteiger partial charge on any atom is -0.379 e. The largest absolute Gasteiger partial charge is 0.379 e. The van der Waals surface area contributed by atoms with Crippen LogP contribution in [0, 0.1) is 0 Å². The SMILES string of the molecule is CCNCc1ccc(COC(C)COCC)s1. The van der Waals surface area contributed by atoms with Crippen molar-refractivity contribution in [3.8, 4) is 0 Å². The molecular formula is C13H23NO2S. The summed E-state index contributed by atoms with van der Waals surface area (Å²) < 4.78 is 11.0. The van der Waals surface area contributed by atoms with Crippen molar-refractivity contribution in [2.45, 2.75) is 40.0 Å². The molecule has 1 rings (SSSR count). The minimum absolute atomic E-state index is 0.161. The van der Waals surface area contributed by atoms with Crippen molar-refractivity contribution < 1.29 is 9.47 Å². The fourth-order valence-corrected chi connectivity index (χ4v) is 2.31. The van der Waals surface area contributed by atoms with E-state index in [-0.39, 0.29) is 6.10 Å². The molecular weight excluding hydrogens is 234 g/mol. The topological polar surface area (TPSA) is 30.5 Å². The van der Waals surface area contributed by atoms with E-state index in [1.807, 2.05) is 25.2 Å². The van der Waals surface area contributed by atoms with Crippen LogP contribution in [0.4, 0.5) is 0 Å². The first kappa shape index (κ1) is 14.6. The average Bonchev–Trinajstić information content (AvgIpc) is 2.79. The van der Waals surface area contributed by atoms with E-state index < -0.39 is 0 Å². The third-order valence-electron chi connectivity index (χ3n) is 2.33. The highest BCUT2D eigenvalue weighted by Crippen LogP contribution is 2.17. The van der Waals surface area contributed by atoms with E-state index in [9.17, 15) is 0 Å². The van der Waals surface area contributed by atoms with Crippen LogP contribution in [0.5, 0.6) is 0 Å². The van der Waals surface area contributed by atoms with Gasteiger partial charge in [0.05, 0.1) is 19.3 Å². The molecule has 0 fully saturated rings. The van der Waals surface area contributed by atoms with E-state index in [0.29, 0.717) is 13.2 Å². The van der Waals surface area contributed by atoms with Crippen molar-refractivity contribution >= 4 is 11.3 Å². The number of hydrogen-bond donors (Lipinski definition) is 1. The van der Waals surface area contributed by atoms with Gasteiger partial charge in [0, 0.05) is 22.9 Å². The molecule has 1 atom stereocenters. The Morgan fingerprint density at radius 3 is 2.76 bits per heavy atom. The fourth-order valence-electron chi connectivity index (χ4n) is 1.40. The lowest BCUT2D eigenvalue weighted by Gasteiger charge is -2.11. The highest BCUT2D eigenvalue weighted by atomic mass is 32.1. The van der Waals surface area contributed by atoms with Gasteiger partial charge in [0.25, 0.3) is 0 Å². The molecule has 0 bridgehead atoms. The molecule has 0 aromatic carbocycles. The van der Waals surface area contributed by atoms with Gasteiger partial charge >= 0.3 is 0 Å². The summed E-state index contributed by atoms with van der Waals surface area (Å²) >= 11 is 1.81. The van der Waals surface area contributed by atoms with Crippen molar-refractivity contribution in [3.63, 3.8) is 0 Å².